The Kier molecular flexibility index (Phi) is 3.90. The molecule has 1 aliphatic heterocycles. The van der Waals surface area contributed by atoms with E-state index in [-0.39, 0.29) is 6.61 Å². The number of benzene rings is 1. The molecule has 1 aliphatic rings. The highest BCUT2D eigenvalue weighted by Gasteiger charge is 2.35. The van der Waals surface area contributed by atoms with Gasteiger partial charge in [0.05, 0.1) is 12.1 Å². The summed E-state index contributed by atoms with van der Waals surface area (Å²) in [5.41, 5.74) is 2.85. The van der Waals surface area contributed by atoms with Crippen LogP contribution in [0, 0.1) is 6.92 Å². The smallest absolute Gasteiger partial charge is 0.122 e. The molecule has 0 saturated carbocycles. The van der Waals surface area contributed by atoms with Crippen LogP contribution in [0.3, 0.4) is 0 Å². The summed E-state index contributed by atoms with van der Waals surface area (Å²) >= 11 is 0. The van der Waals surface area contributed by atoms with Crippen molar-refractivity contribution >= 4 is 0 Å². The van der Waals surface area contributed by atoms with Crippen molar-refractivity contribution in [3.05, 3.63) is 59.4 Å². The maximum atomic E-state index is 9.86. The standard InChI is InChI=1S/C17H20N2O2/c1-13-15(6-4-8-18-13)10-19-17(11-20)9-14-5-2-3-7-16(14)21-12-17/h2-8,19-20H,9-12H2,1H3. The topological polar surface area (TPSA) is 54.4 Å². The predicted molar refractivity (Wildman–Crippen MR) is 81.3 cm³/mol. The van der Waals surface area contributed by atoms with Crippen molar-refractivity contribution < 1.29 is 9.84 Å². The molecule has 0 bridgehead atoms. The second kappa shape index (κ2) is 5.84. The number of aryl methyl sites for hydroxylation is 1. The van der Waals surface area contributed by atoms with Crippen LogP contribution in [0.25, 0.3) is 0 Å². The Balaban J connectivity index is 1.75. The summed E-state index contributed by atoms with van der Waals surface area (Å²) in [5.74, 6) is 0.918. The number of para-hydroxylation sites is 1. The number of pyridine rings is 1. The highest BCUT2D eigenvalue weighted by molar-refractivity contribution is 5.37. The second-order valence-corrected chi connectivity index (χ2v) is 5.61. The number of hydrogen-bond donors (Lipinski definition) is 2. The molecule has 0 aliphatic carbocycles. The third kappa shape index (κ3) is 2.91. The molecule has 4 heteroatoms. The molecule has 21 heavy (non-hydrogen) atoms. The Bertz CT molecular complexity index is 630. The molecule has 0 fully saturated rings. The SMILES string of the molecule is Cc1ncccc1CNC1(CO)COc2ccccc2C1. The molecule has 0 spiro atoms. The molecule has 2 aromatic rings. The maximum absolute atomic E-state index is 9.86. The van der Waals surface area contributed by atoms with Crippen molar-refractivity contribution in [3.8, 4) is 5.75 Å². The van der Waals surface area contributed by atoms with E-state index in [0.29, 0.717) is 13.2 Å². The fourth-order valence-corrected chi connectivity index (χ4v) is 2.68. The van der Waals surface area contributed by atoms with Crippen molar-refractivity contribution in [2.45, 2.75) is 25.4 Å². The Morgan fingerprint density at radius 2 is 2.14 bits per heavy atom. The van der Waals surface area contributed by atoms with Gasteiger partial charge in [-0.15, -0.1) is 0 Å². The van der Waals surface area contributed by atoms with E-state index in [0.717, 1.165) is 29.0 Å². The highest BCUT2D eigenvalue weighted by atomic mass is 16.5. The quantitative estimate of drug-likeness (QED) is 0.899. The first-order chi connectivity index (χ1) is 10.2. The molecule has 0 amide bonds. The van der Waals surface area contributed by atoms with Crippen LogP contribution in [0.5, 0.6) is 5.75 Å². The molecule has 1 aromatic heterocycles. The molecule has 2 N–H and O–H groups in total. The Morgan fingerprint density at radius 3 is 2.95 bits per heavy atom. The van der Waals surface area contributed by atoms with Crippen LogP contribution in [0.15, 0.2) is 42.6 Å². The summed E-state index contributed by atoms with van der Waals surface area (Å²) in [4.78, 5) is 4.29. The number of fused-ring (bicyclic) bond motifs is 1. The van der Waals surface area contributed by atoms with Crippen LogP contribution in [0.2, 0.25) is 0 Å². The summed E-state index contributed by atoms with van der Waals surface area (Å²) in [5, 5.41) is 13.3. The fraction of sp³-hybridized carbons (Fsp3) is 0.353. The largest absolute Gasteiger partial charge is 0.491 e. The van der Waals surface area contributed by atoms with Gasteiger partial charge in [-0.2, -0.15) is 0 Å². The highest BCUT2D eigenvalue weighted by Crippen LogP contribution is 2.29. The van der Waals surface area contributed by atoms with E-state index in [2.05, 4.69) is 22.4 Å². The van der Waals surface area contributed by atoms with E-state index in [4.69, 9.17) is 4.74 Å². The summed E-state index contributed by atoms with van der Waals surface area (Å²) in [7, 11) is 0. The summed E-state index contributed by atoms with van der Waals surface area (Å²) in [6, 6.07) is 12.0. The van der Waals surface area contributed by atoms with Crippen molar-refractivity contribution in [1.82, 2.24) is 10.3 Å². The first-order valence-corrected chi connectivity index (χ1v) is 7.19. The molecule has 1 atom stereocenters. The lowest BCUT2D eigenvalue weighted by atomic mass is 9.89. The molecule has 2 heterocycles. The average Bonchev–Trinajstić information content (AvgIpc) is 2.54. The first kappa shape index (κ1) is 14.0. The van der Waals surface area contributed by atoms with Crippen molar-refractivity contribution in [2.24, 2.45) is 0 Å². The number of aromatic nitrogens is 1. The van der Waals surface area contributed by atoms with Gasteiger partial charge in [0, 0.05) is 18.4 Å². The molecule has 110 valence electrons. The number of ether oxygens (including phenoxy) is 1. The maximum Gasteiger partial charge on any atom is 0.122 e. The predicted octanol–water partition coefficient (Wildman–Crippen LogP) is 1.85. The van der Waals surface area contributed by atoms with E-state index in [1.54, 1.807) is 6.20 Å². The molecule has 0 radical (unpaired) electrons. The minimum absolute atomic E-state index is 0.0423. The van der Waals surface area contributed by atoms with Gasteiger partial charge >= 0.3 is 0 Å². The third-order valence-corrected chi connectivity index (χ3v) is 4.08. The van der Waals surface area contributed by atoms with Gasteiger partial charge in [-0.05, 0) is 36.6 Å². The van der Waals surface area contributed by atoms with E-state index in [1.165, 1.54) is 0 Å². The Morgan fingerprint density at radius 1 is 1.29 bits per heavy atom. The number of nitrogens with one attached hydrogen (secondary N) is 1. The lowest BCUT2D eigenvalue weighted by Crippen LogP contribution is -2.56. The van der Waals surface area contributed by atoms with Gasteiger partial charge in [-0.25, -0.2) is 0 Å². The first-order valence-electron chi connectivity index (χ1n) is 7.19. The molecule has 1 unspecified atom stereocenters. The number of hydrogen-bond acceptors (Lipinski definition) is 4. The monoisotopic (exact) mass is 284 g/mol. The molecule has 1 aromatic carbocycles. The second-order valence-electron chi connectivity index (χ2n) is 5.61. The lowest BCUT2D eigenvalue weighted by Gasteiger charge is -2.37. The lowest BCUT2D eigenvalue weighted by molar-refractivity contribution is 0.0860. The summed E-state index contributed by atoms with van der Waals surface area (Å²) in [6.45, 7) is 3.18. The van der Waals surface area contributed by atoms with Crippen LogP contribution in [0.4, 0.5) is 0 Å². The zero-order chi connectivity index (χ0) is 14.7. The minimum atomic E-state index is -0.434. The normalized spacial score (nSPS) is 20.7. The number of nitrogens with zero attached hydrogens (tertiary/aromatic N) is 1. The molecule has 4 nitrogen and oxygen atoms in total. The summed E-state index contributed by atoms with van der Waals surface area (Å²) in [6.07, 6.45) is 2.56. The van der Waals surface area contributed by atoms with Crippen LogP contribution in [-0.2, 0) is 13.0 Å². The van der Waals surface area contributed by atoms with Gasteiger partial charge in [0.15, 0.2) is 0 Å². The van der Waals surface area contributed by atoms with Crippen molar-refractivity contribution in [1.29, 1.82) is 0 Å². The number of rotatable bonds is 4. The number of aliphatic hydroxyl groups is 1. The van der Waals surface area contributed by atoms with Gasteiger partial charge in [0.1, 0.15) is 12.4 Å². The van der Waals surface area contributed by atoms with Crippen LogP contribution in [0.1, 0.15) is 16.8 Å². The molecule has 3 rings (SSSR count). The van der Waals surface area contributed by atoms with Crippen molar-refractivity contribution in [2.75, 3.05) is 13.2 Å². The van der Waals surface area contributed by atoms with Gasteiger partial charge in [-0.1, -0.05) is 24.3 Å². The minimum Gasteiger partial charge on any atom is -0.491 e. The zero-order valence-electron chi connectivity index (χ0n) is 12.2. The van der Waals surface area contributed by atoms with E-state index < -0.39 is 5.54 Å². The van der Waals surface area contributed by atoms with Crippen LogP contribution >= 0.6 is 0 Å². The molecular formula is C17H20N2O2. The van der Waals surface area contributed by atoms with E-state index in [1.807, 2.05) is 31.2 Å². The third-order valence-electron chi connectivity index (χ3n) is 4.08. The average molecular weight is 284 g/mol. The van der Waals surface area contributed by atoms with E-state index >= 15 is 0 Å². The van der Waals surface area contributed by atoms with Crippen LogP contribution < -0.4 is 10.1 Å². The van der Waals surface area contributed by atoms with Crippen LogP contribution in [-0.4, -0.2) is 28.8 Å². The van der Waals surface area contributed by atoms with Gasteiger partial charge in [0.25, 0.3) is 0 Å². The molecule has 0 saturated heterocycles. The van der Waals surface area contributed by atoms with E-state index in [9.17, 15) is 5.11 Å². The number of aliphatic hydroxyl groups excluding tert-OH is 1. The van der Waals surface area contributed by atoms with Gasteiger partial charge < -0.3 is 15.2 Å². The summed E-state index contributed by atoms with van der Waals surface area (Å²) < 4.78 is 5.81. The van der Waals surface area contributed by atoms with Gasteiger partial charge in [0.2, 0.25) is 0 Å². The Labute approximate surface area is 124 Å². The fourth-order valence-electron chi connectivity index (χ4n) is 2.68. The Hall–Kier alpha value is -1.91. The van der Waals surface area contributed by atoms with Gasteiger partial charge in [-0.3, -0.25) is 4.98 Å². The van der Waals surface area contributed by atoms with Crippen molar-refractivity contribution in [3.63, 3.8) is 0 Å². The zero-order valence-corrected chi connectivity index (χ0v) is 12.2. The molecular weight excluding hydrogens is 264 g/mol.